The first kappa shape index (κ1) is 8.21. The van der Waals surface area contributed by atoms with Gasteiger partial charge in [0.1, 0.15) is 0 Å². The monoisotopic (exact) mass is 137 g/mol. The molecule has 3 N–H and O–H groups in total. The first-order valence-electron chi connectivity index (χ1n) is 2.71. The van der Waals surface area contributed by atoms with E-state index in [4.69, 9.17) is 10.8 Å². The molecule has 0 aromatic carbocycles. The lowest BCUT2D eigenvalue weighted by Crippen LogP contribution is -2.33. The lowest BCUT2D eigenvalue weighted by atomic mass is 9.83. The summed E-state index contributed by atoms with van der Waals surface area (Å²) in [5.41, 5.74) is 5.28. The van der Waals surface area contributed by atoms with Crippen LogP contribution < -0.4 is 5.73 Å². The van der Waals surface area contributed by atoms with Gasteiger partial charge in [-0.25, -0.2) is 0 Å². The molecule has 0 bridgehead atoms. The van der Waals surface area contributed by atoms with E-state index in [0.29, 0.717) is 5.92 Å². The zero-order valence-corrected chi connectivity index (χ0v) is 5.53. The van der Waals surface area contributed by atoms with Crippen molar-refractivity contribution in [3.63, 3.8) is 0 Å². The van der Waals surface area contributed by atoms with Crippen molar-refractivity contribution < 1.29 is 5.11 Å². The van der Waals surface area contributed by atoms with Crippen molar-refractivity contribution in [1.29, 1.82) is 0 Å². The molecule has 0 heterocycles. The minimum Gasteiger partial charge on any atom is -0.393 e. The van der Waals surface area contributed by atoms with Crippen LogP contribution in [0.1, 0.15) is 12.8 Å². The Hall–Kier alpha value is 0.210. The van der Waals surface area contributed by atoms with E-state index in [1.807, 2.05) is 0 Å². The van der Waals surface area contributed by atoms with Crippen molar-refractivity contribution >= 4 is 12.4 Å². The summed E-state index contributed by atoms with van der Waals surface area (Å²) in [7, 11) is 0. The van der Waals surface area contributed by atoms with E-state index < -0.39 is 0 Å². The third-order valence-electron chi connectivity index (χ3n) is 1.54. The smallest absolute Gasteiger partial charge is 0.0546 e. The third kappa shape index (κ3) is 1.62. The highest BCUT2D eigenvalue weighted by Crippen LogP contribution is 2.25. The second-order valence-corrected chi connectivity index (χ2v) is 2.23. The lowest BCUT2D eigenvalue weighted by molar-refractivity contribution is 0.0469. The van der Waals surface area contributed by atoms with E-state index in [-0.39, 0.29) is 18.5 Å². The molecule has 0 radical (unpaired) electrons. The van der Waals surface area contributed by atoms with Crippen LogP contribution in [0.5, 0.6) is 0 Å². The van der Waals surface area contributed by atoms with E-state index in [1.54, 1.807) is 0 Å². The van der Waals surface area contributed by atoms with Crippen LogP contribution in [0.4, 0.5) is 0 Å². The van der Waals surface area contributed by atoms with Gasteiger partial charge >= 0.3 is 0 Å². The van der Waals surface area contributed by atoms with Gasteiger partial charge in [0.05, 0.1) is 6.10 Å². The molecular formula is C5H12ClNO. The van der Waals surface area contributed by atoms with E-state index in [9.17, 15) is 0 Å². The number of hydrogen-bond donors (Lipinski definition) is 2. The summed E-state index contributed by atoms with van der Waals surface area (Å²) in [5, 5.41) is 8.69. The van der Waals surface area contributed by atoms with Gasteiger partial charge in [0, 0.05) is 0 Å². The Balaban J connectivity index is 0.000000490. The van der Waals surface area contributed by atoms with Crippen LogP contribution in [-0.2, 0) is 0 Å². The van der Waals surface area contributed by atoms with Gasteiger partial charge in [-0.15, -0.1) is 12.4 Å². The maximum atomic E-state index is 8.69. The molecule has 8 heavy (non-hydrogen) atoms. The van der Waals surface area contributed by atoms with Crippen LogP contribution in [0.2, 0.25) is 0 Å². The molecule has 1 aliphatic rings. The Morgan fingerprint density at radius 3 is 2.12 bits per heavy atom. The zero-order valence-electron chi connectivity index (χ0n) is 4.71. The third-order valence-corrected chi connectivity index (χ3v) is 1.54. The van der Waals surface area contributed by atoms with Crippen molar-refractivity contribution in [2.75, 3.05) is 6.54 Å². The van der Waals surface area contributed by atoms with E-state index in [2.05, 4.69) is 0 Å². The molecule has 0 saturated heterocycles. The first-order chi connectivity index (χ1) is 3.33. The van der Waals surface area contributed by atoms with Crippen LogP contribution in [0.15, 0.2) is 0 Å². The highest BCUT2D eigenvalue weighted by atomic mass is 35.5. The highest BCUT2D eigenvalue weighted by Gasteiger charge is 2.24. The molecule has 0 unspecified atom stereocenters. The summed E-state index contributed by atoms with van der Waals surface area (Å²) < 4.78 is 0. The van der Waals surface area contributed by atoms with Crippen molar-refractivity contribution in [1.82, 2.24) is 0 Å². The molecule has 0 aliphatic heterocycles. The van der Waals surface area contributed by atoms with Crippen LogP contribution in [0.25, 0.3) is 0 Å². The minimum absolute atomic E-state index is 0. The van der Waals surface area contributed by atoms with E-state index in [1.165, 1.54) is 0 Å². The summed E-state index contributed by atoms with van der Waals surface area (Å²) in [6.45, 7) is 0.747. The maximum Gasteiger partial charge on any atom is 0.0546 e. The predicted octanol–water partition coefficient (Wildman–Crippen LogP) is 0.138. The zero-order chi connectivity index (χ0) is 5.28. The van der Waals surface area contributed by atoms with E-state index >= 15 is 0 Å². The maximum absolute atomic E-state index is 8.69. The van der Waals surface area contributed by atoms with Crippen LogP contribution in [0.3, 0.4) is 0 Å². The largest absolute Gasteiger partial charge is 0.393 e. The van der Waals surface area contributed by atoms with Gasteiger partial charge in [0.25, 0.3) is 0 Å². The normalized spacial score (nSPS) is 35.2. The molecule has 50 valence electrons. The fourth-order valence-electron chi connectivity index (χ4n) is 0.893. The number of rotatable bonds is 1. The molecule has 3 heteroatoms. The van der Waals surface area contributed by atoms with Crippen LogP contribution in [0, 0.1) is 5.92 Å². The van der Waals surface area contributed by atoms with Gasteiger partial charge in [-0.05, 0) is 25.3 Å². The quantitative estimate of drug-likeness (QED) is 0.540. The Bertz CT molecular complexity index is 63.4. The number of nitrogens with two attached hydrogens (primary N) is 1. The van der Waals surface area contributed by atoms with Crippen molar-refractivity contribution in [2.45, 2.75) is 18.9 Å². The van der Waals surface area contributed by atoms with Gasteiger partial charge in [0.15, 0.2) is 0 Å². The van der Waals surface area contributed by atoms with Crippen molar-refractivity contribution in [2.24, 2.45) is 11.7 Å². The fraction of sp³-hybridized carbons (Fsp3) is 1.00. The van der Waals surface area contributed by atoms with E-state index in [0.717, 1.165) is 19.4 Å². The molecule has 1 fully saturated rings. The lowest BCUT2D eigenvalue weighted by Gasteiger charge is -2.29. The Morgan fingerprint density at radius 2 is 2.00 bits per heavy atom. The van der Waals surface area contributed by atoms with Crippen LogP contribution >= 0.6 is 12.4 Å². The second kappa shape index (κ2) is 3.28. The molecule has 0 amide bonds. The minimum atomic E-state index is -0.0338. The Kier molecular flexibility index (Phi) is 3.36. The summed E-state index contributed by atoms with van der Waals surface area (Å²) in [4.78, 5) is 0. The summed E-state index contributed by atoms with van der Waals surface area (Å²) >= 11 is 0. The number of aliphatic hydroxyl groups is 1. The highest BCUT2D eigenvalue weighted by molar-refractivity contribution is 5.85. The molecule has 2 nitrogen and oxygen atoms in total. The molecule has 0 aromatic heterocycles. The summed E-state index contributed by atoms with van der Waals surface area (Å²) in [6.07, 6.45) is 1.82. The van der Waals surface area contributed by atoms with Crippen molar-refractivity contribution in [3.05, 3.63) is 0 Å². The van der Waals surface area contributed by atoms with Gasteiger partial charge in [0.2, 0.25) is 0 Å². The SMILES string of the molecule is Cl.NC[C@H]1C[C@@H](O)C1. The molecule has 0 spiro atoms. The topological polar surface area (TPSA) is 46.2 Å². The molecule has 1 aliphatic carbocycles. The number of hydrogen-bond acceptors (Lipinski definition) is 2. The summed E-state index contributed by atoms with van der Waals surface area (Å²) in [5.74, 6) is 0.620. The standard InChI is InChI=1S/C5H11NO.ClH/c6-3-4-1-5(7)2-4;/h4-5,7H,1-3,6H2;1H/t4-,5+;. The second-order valence-electron chi connectivity index (χ2n) is 2.23. The molecule has 1 saturated carbocycles. The number of halogens is 1. The Labute approximate surface area is 55.5 Å². The van der Waals surface area contributed by atoms with Gasteiger partial charge in [-0.2, -0.15) is 0 Å². The summed E-state index contributed by atoms with van der Waals surface area (Å²) in [6, 6.07) is 0. The fourth-order valence-corrected chi connectivity index (χ4v) is 0.893. The first-order valence-corrected chi connectivity index (χ1v) is 2.71. The Morgan fingerprint density at radius 1 is 1.50 bits per heavy atom. The molecule has 1 rings (SSSR count). The average Bonchev–Trinajstić information content (AvgIpc) is 1.58. The number of aliphatic hydroxyl groups excluding tert-OH is 1. The predicted molar refractivity (Wildman–Crippen MR) is 35.0 cm³/mol. The van der Waals surface area contributed by atoms with Crippen LogP contribution in [-0.4, -0.2) is 17.8 Å². The van der Waals surface area contributed by atoms with Gasteiger partial charge in [-0.3, -0.25) is 0 Å². The molecule has 0 aromatic rings. The van der Waals surface area contributed by atoms with Crippen molar-refractivity contribution in [3.8, 4) is 0 Å². The molecule has 0 atom stereocenters. The molecular weight excluding hydrogens is 126 g/mol. The van der Waals surface area contributed by atoms with Gasteiger partial charge in [-0.1, -0.05) is 0 Å². The average molecular weight is 138 g/mol. The van der Waals surface area contributed by atoms with Gasteiger partial charge < -0.3 is 10.8 Å².